The maximum absolute atomic E-state index is 6.00. The average Bonchev–Trinajstić information content (AvgIpc) is 2.88. The van der Waals surface area contributed by atoms with Crippen LogP contribution in [0.3, 0.4) is 0 Å². The average molecular weight is 336 g/mol. The molecule has 3 nitrogen and oxygen atoms in total. The fourth-order valence-electron chi connectivity index (χ4n) is 2.50. The molecule has 0 saturated heterocycles. The molecule has 0 saturated carbocycles. The largest absolute Gasteiger partial charge is 0.330 e. The summed E-state index contributed by atoms with van der Waals surface area (Å²) >= 11 is 3.63. The van der Waals surface area contributed by atoms with Crippen LogP contribution in [0.4, 0.5) is 0 Å². The molecule has 1 heterocycles. The van der Waals surface area contributed by atoms with Crippen molar-refractivity contribution in [1.29, 1.82) is 0 Å². The summed E-state index contributed by atoms with van der Waals surface area (Å²) in [6, 6.07) is 10.5. The number of nitrogens with zero attached hydrogens (tertiary/aromatic N) is 2. The molecule has 0 aliphatic rings. The Hall–Kier alpha value is -1.13. The van der Waals surface area contributed by atoms with E-state index in [1.54, 1.807) is 0 Å². The minimum Gasteiger partial charge on any atom is -0.330 e. The number of aromatic nitrogens is 2. The minimum absolute atomic E-state index is 0.317. The molecular weight excluding hydrogens is 314 g/mol. The van der Waals surface area contributed by atoms with Gasteiger partial charge in [0.05, 0.1) is 5.69 Å². The lowest BCUT2D eigenvalue weighted by Gasteiger charge is -2.17. The van der Waals surface area contributed by atoms with Crippen molar-refractivity contribution in [3.8, 4) is 0 Å². The fraction of sp³-hybridized carbons (Fsp3) is 0.438. The molecule has 0 spiro atoms. The lowest BCUT2D eigenvalue weighted by molar-refractivity contribution is 0.580. The number of hydrogen-bond acceptors (Lipinski definition) is 2. The summed E-state index contributed by atoms with van der Waals surface area (Å²) in [6.07, 6.45) is 1.91. The molecule has 0 fully saturated rings. The van der Waals surface area contributed by atoms with Gasteiger partial charge in [0.2, 0.25) is 0 Å². The molecular formula is C16H22BrN3. The third-order valence-electron chi connectivity index (χ3n) is 3.66. The van der Waals surface area contributed by atoms with E-state index in [-0.39, 0.29) is 0 Å². The Morgan fingerprint density at radius 2 is 2.05 bits per heavy atom. The second-order valence-electron chi connectivity index (χ2n) is 4.95. The summed E-state index contributed by atoms with van der Waals surface area (Å²) < 4.78 is 3.23. The molecule has 2 N–H and O–H groups in total. The number of aryl methyl sites for hydroxylation is 2. The van der Waals surface area contributed by atoms with Crippen LogP contribution in [0.25, 0.3) is 0 Å². The zero-order valence-electron chi connectivity index (χ0n) is 12.1. The third kappa shape index (κ3) is 3.30. The second kappa shape index (κ2) is 7.04. The molecule has 108 valence electrons. The Morgan fingerprint density at radius 3 is 2.65 bits per heavy atom. The van der Waals surface area contributed by atoms with Crippen LogP contribution in [0.5, 0.6) is 0 Å². The topological polar surface area (TPSA) is 43.8 Å². The number of rotatable bonds is 6. The highest BCUT2D eigenvalue weighted by Gasteiger charge is 2.16. The van der Waals surface area contributed by atoms with E-state index >= 15 is 0 Å². The minimum atomic E-state index is 0.317. The van der Waals surface area contributed by atoms with Gasteiger partial charge in [-0.3, -0.25) is 4.68 Å². The van der Waals surface area contributed by atoms with Gasteiger partial charge in [-0.05, 0) is 44.0 Å². The van der Waals surface area contributed by atoms with Crippen molar-refractivity contribution in [1.82, 2.24) is 9.78 Å². The van der Waals surface area contributed by atoms with E-state index in [1.165, 1.54) is 11.3 Å². The summed E-state index contributed by atoms with van der Waals surface area (Å²) in [6.45, 7) is 5.81. The van der Waals surface area contributed by atoms with Gasteiger partial charge < -0.3 is 5.73 Å². The first-order valence-electron chi connectivity index (χ1n) is 7.19. The van der Waals surface area contributed by atoms with Crippen LogP contribution in [0.2, 0.25) is 0 Å². The molecule has 0 aliphatic carbocycles. The molecule has 0 radical (unpaired) electrons. The highest BCUT2D eigenvalue weighted by Crippen LogP contribution is 2.27. The van der Waals surface area contributed by atoms with E-state index in [2.05, 4.69) is 63.8 Å². The fourth-order valence-corrected chi connectivity index (χ4v) is 3.11. The zero-order valence-corrected chi connectivity index (χ0v) is 13.7. The monoisotopic (exact) mass is 335 g/mol. The second-order valence-corrected chi connectivity index (χ2v) is 5.81. The first-order valence-corrected chi connectivity index (χ1v) is 7.98. The maximum atomic E-state index is 6.00. The van der Waals surface area contributed by atoms with Crippen LogP contribution in [0, 0.1) is 0 Å². The van der Waals surface area contributed by atoms with Crippen LogP contribution in [-0.4, -0.2) is 16.3 Å². The number of hydrogen-bond donors (Lipinski definition) is 1. The van der Waals surface area contributed by atoms with Gasteiger partial charge in [-0.1, -0.05) is 41.1 Å². The Balaban J connectivity index is 2.26. The van der Waals surface area contributed by atoms with E-state index in [9.17, 15) is 0 Å². The summed E-state index contributed by atoms with van der Waals surface area (Å²) in [5, 5.41) is 4.61. The van der Waals surface area contributed by atoms with Crippen LogP contribution in [-0.2, 0) is 19.4 Å². The Bertz CT molecular complexity index is 563. The molecule has 1 aromatic carbocycles. The van der Waals surface area contributed by atoms with Gasteiger partial charge in [0.25, 0.3) is 0 Å². The SMILES string of the molecule is CCc1cc(CC(CN)c2ccccc2Br)n(CC)n1. The lowest BCUT2D eigenvalue weighted by Crippen LogP contribution is -2.17. The summed E-state index contributed by atoms with van der Waals surface area (Å²) in [4.78, 5) is 0. The van der Waals surface area contributed by atoms with Crippen LogP contribution in [0.15, 0.2) is 34.8 Å². The molecule has 1 aromatic heterocycles. The lowest BCUT2D eigenvalue weighted by atomic mass is 9.94. The highest BCUT2D eigenvalue weighted by molar-refractivity contribution is 9.10. The van der Waals surface area contributed by atoms with E-state index < -0.39 is 0 Å². The van der Waals surface area contributed by atoms with E-state index in [1.807, 2.05) is 6.07 Å². The van der Waals surface area contributed by atoms with Gasteiger partial charge in [0.1, 0.15) is 0 Å². The van der Waals surface area contributed by atoms with Crippen LogP contribution >= 0.6 is 15.9 Å². The van der Waals surface area contributed by atoms with Gasteiger partial charge >= 0.3 is 0 Å². The van der Waals surface area contributed by atoms with Crippen molar-refractivity contribution < 1.29 is 0 Å². The first kappa shape index (κ1) is 15.3. The van der Waals surface area contributed by atoms with Crippen molar-refractivity contribution >= 4 is 15.9 Å². The molecule has 0 amide bonds. The van der Waals surface area contributed by atoms with Crippen LogP contribution in [0.1, 0.15) is 36.7 Å². The highest BCUT2D eigenvalue weighted by atomic mass is 79.9. The molecule has 0 aliphatic heterocycles. The van der Waals surface area contributed by atoms with Gasteiger partial charge in [0, 0.05) is 22.6 Å². The zero-order chi connectivity index (χ0) is 14.5. The summed E-state index contributed by atoms with van der Waals surface area (Å²) in [5.74, 6) is 0.317. The molecule has 2 aromatic rings. The summed E-state index contributed by atoms with van der Waals surface area (Å²) in [7, 11) is 0. The smallest absolute Gasteiger partial charge is 0.0624 e. The predicted molar refractivity (Wildman–Crippen MR) is 86.9 cm³/mol. The molecule has 1 unspecified atom stereocenters. The third-order valence-corrected chi connectivity index (χ3v) is 4.38. The number of benzene rings is 1. The Kier molecular flexibility index (Phi) is 5.38. The van der Waals surface area contributed by atoms with Crippen molar-refractivity contribution in [3.05, 3.63) is 51.8 Å². The molecule has 1 atom stereocenters. The first-order chi connectivity index (χ1) is 9.69. The van der Waals surface area contributed by atoms with Crippen molar-refractivity contribution in [3.63, 3.8) is 0 Å². The summed E-state index contributed by atoms with van der Waals surface area (Å²) in [5.41, 5.74) is 9.71. The quantitative estimate of drug-likeness (QED) is 0.877. The molecule has 4 heteroatoms. The molecule has 20 heavy (non-hydrogen) atoms. The molecule has 0 bridgehead atoms. The van der Waals surface area contributed by atoms with Crippen molar-refractivity contribution in [2.24, 2.45) is 5.73 Å². The Labute approximate surface area is 129 Å². The normalized spacial score (nSPS) is 12.6. The number of halogens is 1. The molecule has 2 rings (SSSR count). The predicted octanol–water partition coefficient (Wildman–Crippen LogP) is 3.51. The Morgan fingerprint density at radius 1 is 1.30 bits per heavy atom. The number of nitrogens with two attached hydrogens (primary N) is 1. The van der Waals surface area contributed by atoms with Gasteiger partial charge in [-0.25, -0.2) is 0 Å². The van der Waals surface area contributed by atoms with E-state index in [4.69, 9.17) is 5.73 Å². The van der Waals surface area contributed by atoms with Gasteiger partial charge in [0.15, 0.2) is 0 Å². The van der Waals surface area contributed by atoms with E-state index in [0.29, 0.717) is 12.5 Å². The maximum Gasteiger partial charge on any atom is 0.0624 e. The van der Waals surface area contributed by atoms with Crippen molar-refractivity contribution in [2.75, 3.05) is 6.54 Å². The van der Waals surface area contributed by atoms with Gasteiger partial charge in [-0.15, -0.1) is 0 Å². The van der Waals surface area contributed by atoms with E-state index in [0.717, 1.165) is 29.6 Å². The van der Waals surface area contributed by atoms with Crippen molar-refractivity contribution in [2.45, 2.75) is 39.2 Å². The standard InChI is InChI=1S/C16H22BrN3/c1-3-13-10-14(20(4-2)19-13)9-12(11-18)15-7-5-6-8-16(15)17/h5-8,10,12H,3-4,9,11,18H2,1-2H3. The van der Waals surface area contributed by atoms with Gasteiger partial charge in [-0.2, -0.15) is 5.10 Å². The van der Waals surface area contributed by atoms with Crippen LogP contribution < -0.4 is 5.73 Å².